The van der Waals surface area contributed by atoms with E-state index in [4.69, 9.17) is 11.5 Å². The summed E-state index contributed by atoms with van der Waals surface area (Å²) in [5.41, 5.74) is 11.3. The number of aromatic nitrogens is 1. The van der Waals surface area contributed by atoms with Crippen LogP contribution in [0.4, 0.5) is 11.5 Å². The van der Waals surface area contributed by atoms with Gasteiger partial charge in [-0.2, -0.15) is 0 Å². The summed E-state index contributed by atoms with van der Waals surface area (Å²) < 4.78 is 0. The van der Waals surface area contributed by atoms with E-state index >= 15 is 0 Å². The predicted molar refractivity (Wildman–Crippen MR) is 64.3 cm³/mol. The van der Waals surface area contributed by atoms with Gasteiger partial charge in [-0.3, -0.25) is 9.59 Å². The van der Waals surface area contributed by atoms with Crippen molar-refractivity contribution in [1.29, 1.82) is 0 Å². The summed E-state index contributed by atoms with van der Waals surface area (Å²) in [5, 5.41) is 5.50. The number of anilines is 2. The topological polar surface area (TPSA) is 123 Å². The van der Waals surface area contributed by atoms with Crippen molar-refractivity contribution < 1.29 is 9.59 Å². The molecule has 7 nitrogen and oxygen atoms in total. The Morgan fingerprint density at radius 1 is 1.41 bits per heavy atom. The lowest BCUT2D eigenvalue weighted by Gasteiger charge is -2.09. The minimum absolute atomic E-state index is 0.118. The molecular weight excluding hydrogens is 222 g/mol. The van der Waals surface area contributed by atoms with E-state index in [1.807, 2.05) is 0 Å². The van der Waals surface area contributed by atoms with Gasteiger partial charge in [-0.15, -0.1) is 0 Å². The molecule has 6 N–H and O–H groups in total. The first-order valence-electron chi connectivity index (χ1n) is 5.04. The van der Waals surface area contributed by atoms with Crippen LogP contribution in [0, 0.1) is 0 Å². The highest BCUT2D eigenvalue weighted by Gasteiger charge is 2.09. The van der Waals surface area contributed by atoms with Crippen molar-refractivity contribution in [2.24, 2.45) is 5.73 Å². The Morgan fingerprint density at radius 3 is 2.71 bits per heavy atom. The number of amides is 2. The Labute approximate surface area is 98.6 Å². The van der Waals surface area contributed by atoms with Gasteiger partial charge in [-0.25, -0.2) is 4.98 Å². The molecule has 0 fully saturated rings. The van der Waals surface area contributed by atoms with E-state index in [1.165, 1.54) is 19.2 Å². The molecule has 0 atom stereocenters. The molecule has 0 aliphatic heterocycles. The maximum Gasteiger partial charge on any atom is 0.252 e. The number of carbonyl (C=O) groups excluding carboxylic acids is 2. The molecule has 1 aromatic rings. The largest absolute Gasteiger partial charge is 0.397 e. The minimum atomic E-state index is -0.605. The van der Waals surface area contributed by atoms with Gasteiger partial charge in [0.2, 0.25) is 5.91 Å². The molecule has 1 rings (SSSR count). The second-order valence-corrected chi connectivity index (χ2v) is 3.44. The number of hydrogen-bond donors (Lipinski definition) is 4. The zero-order valence-electron chi connectivity index (χ0n) is 9.49. The fraction of sp³-hybridized carbons (Fsp3) is 0.300. The summed E-state index contributed by atoms with van der Waals surface area (Å²) in [5.74, 6) is -0.365. The van der Waals surface area contributed by atoms with Crippen LogP contribution in [0.25, 0.3) is 0 Å². The lowest BCUT2D eigenvalue weighted by Crippen LogP contribution is -2.27. The summed E-state index contributed by atoms with van der Waals surface area (Å²) >= 11 is 0. The number of hydrogen-bond acceptors (Lipinski definition) is 5. The number of primary amides is 1. The third-order valence-electron chi connectivity index (χ3n) is 1.97. The second kappa shape index (κ2) is 5.69. The Kier molecular flexibility index (Phi) is 4.27. The maximum atomic E-state index is 11.1. The van der Waals surface area contributed by atoms with E-state index in [9.17, 15) is 9.59 Å². The highest BCUT2D eigenvalue weighted by Crippen LogP contribution is 2.14. The SMILES string of the molecule is CC(=O)NCCNc1ncc(N)cc1C(N)=O. The first-order chi connectivity index (χ1) is 8.00. The zero-order valence-corrected chi connectivity index (χ0v) is 9.49. The van der Waals surface area contributed by atoms with Gasteiger partial charge in [-0.05, 0) is 6.07 Å². The Balaban J connectivity index is 2.64. The van der Waals surface area contributed by atoms with Crippen LogP contribution in [0.1, 0.15) is 17.3 Å². The fourth-order valence-electron chi connectivity index (χ4n) is 1.23. The van der Waals surface area contributed by atoms with Crippen LogP contribution in [0.3, 0.4) is 0 Å². The van der Waals surface area contributed by atoms with Crippen LogP contribution >= 0.6 is 0 Å². The van der Waals surface area contributed by atoms with Crippen molar-refractivity contribution in [3.63, 3.8) is 0 Å². The van der Waals surface area contributed by atoms with Gasteiger partial charge >= 0.3 is 0 Å². The highest BCUT2D eigenvalue weighted by atomic mass is 16.1. The highest BCUT2D eigenvalue weighted by molar-refractivity contribution is 5.98. The second-order valence-electron chi connectivity index (χ2n) is 3.44. The van der Waals surface area contributed by atoms with Crippen molar-refractivity contribution in [2.75, 3.05) is 24.1 Å². The van der Waals surface area contributed by atoms with Gasteiger partial charge < -0.3 is 22.1 Å². The number of rotatable bonds is 5. The third kappa shape index (κ3) is 3.98. The molecule has 2 amide bonds. The molecule has 0 aromatic carbocycles. The lowest BCUT2D eigenvalue weighted by molar-refractivity contribution is -0.118. The molecule has 1 heterocycles. The molecule has 1 aromatic heterocycles. The number of nitrogens with two attached hydrogens (primary N) is 2. The number of nitrogens with one attached hydrogen (secondary N) is 2. The molecule has 92 valence electrons. The van der Waals surface area contributed by atoms with E-state index < -0.39 is 5.91 Å². The molecule has 17 heavy (non-hydrogen) atoms. The summed E-state index contributed by atoms with van der Waals surface area (Å²) in [6.45, 7) is 2.30. The van der Waals surface area contributed by atoms with Crippen molar-refractivity contribution in [1.82, 2.24) is 10.3 Å². The third-order valence-corrected chi connectivity index (χ3v) is 1.97. The zero-order chi connectivity index (χ0) is 12.8. The Hall–Kier alpha value is -2.31. The van der Waals surface area contributed by atoms with Gasteiger partial charge in [0.25, 0.3) is 5.91 Å². The van der Waals surface area contributed by atoms with Crippen LogP contribution in [-0.2, 0) is 4.79 Å². The first kappa shape index (κ1) is 12.8. The smallest absolute Gasteiger partial charge is 0.252 e. The van der Waals surface area contributed by atoms with Crippen LogP contribution in [0.15, 0.2) is 12.3 Å². The molecule has 0 aliphatic rings. The molecule has 0 unspecified atom stereocenters. The van der Waals surface area contributed by atoms with Crippen LogP contribution in [0.2, 0.25) is 0 Å². The number of pyridine rings is 1. The van der Waals surface area contributed by atoms with Gasteiger partial charge in [-0.1, -0.05) is 0 Å². The quantitative estimate of drug-likeness (QED) is 0.505. The van der Waals surface area contributed by atoms with Crippen LogP contribution in [0.5, 0.6) is 0 Å². The maximum absolute atomic E-state index is 11.1. The number of nitrogen functional groups attached to an aromatic ring is 1. The van der Waals surface area contributed by atoms with Crippen molar-refractivity contribution in [2.45, 2.75) is 6.92 Å². The average molecular weight is 237 g/mol. The molecule has 0 saturated carbocycles. The average Bonchev–Trinajstić information content (AvgIpc) is 2.25. The van der Waals surface area contributed by atoms with Gasteiger partial charge in [0.05, 0.1) is 17.4 Å². The van der Waals surface area contributed by atoms with Gasteiger partial charge in [0.1, 0.15) is 5.82 Å². The summed E-state index contributed by atoms with van der Waals surface area (Å²) in [7, 11) is 0. The molecular formula is C10H15N5O2. The predicted octanol–water partition coefficient (Wildman–Crippen LogP) is -0.689. The number of nitrogens with zero attached hydrogens (tertiary/aromatic N) is 1. The molecule has 0 radical (unpaired) electrons. The van der Waals surface area contributed by atoms with E-state index in [1.54, 1.807) is 0 Å². The number of carbonyl (C=O) groups is 2. The molecule has 0 aliphatic carbocycles. The monoisotopic (exact) mass is 237 g/mol. The minimum Gasteiger partial charge on any atom is -0.397 e. The summed E-state index contributed by atoms with van der Waals surface area (Å²) in [6, 6.07) is 1.45. The Bertz CT molecular complexity index is 433. The first-order valence-corrected chi connectivity index (χ1v) is 5.04. The van der Waals surface area contributed by atoms with Gasteiger partial charge in [0, 0.05) is 20.0 Å². The molecule has 7 heteroatoms. The van der Waals surface area contributed by atoms with E-state index in [0.717, 1.165) is 0 Å². The molecule has 0 bridgehead atoms. The van der Waals surface area contributed by atoms with Crippen molar-refractivity contribution >= 4 is 23.3 Å². The summed E-state index contributed by atoms with van der Waals surface area (Å²) in [6.07, 6.45) is 1.42. The lowest BCUT2D eigenvalue weighted by atomic mass is 10.2. The molecule has 0 saturated heterocycles. The standard InChI is InChI=1S/C10H15N5O2/c1-6(16)13-2-3-14-10-8(9(12)17)4-7(11)5-15-10/h4-5H,2-3,11H2,1H3,(H2,12,17)(H,13,16)(H,14,15). The van der Waals surface area contributed by atoms with Crippen LogP contribution < -0.4 is 22.1 Å². The van der Waals surface area contributed by atoms with E-state index in [0.29, 0.717) is 24.6 Å². The van der Waals surface area contributed by atoms with E-state index in [2.05, 4.69) is 15.6 Å². The van der Waals surface area contributed by atoms with Crippen LogP contribution in [-0.4, -0.2) is 29.9 Å². The Morgan fingerprint density at radius 2 is 2.12 bits per heavy atom. The molecule has 0 spiro atoms. The fourth-order valence-corrected chi connectivity index (χ4v) is 1.23. The van der Waals surface area contributed by atoms with E-state index in [-0.39, 0.29) is 11.5 Å². The van der Waals surface area contributed by atoms with Gasteiger partial charge in [0.15, 0.2) is 0 Å². The summed E-state index contributed by atoms with van der Waals surface area (Å²) in [4.78, 5) is 25.7. The van der Waals surface area contributed by atoms with Crippen molar-refractivity contribution in [3.05, 3.63) is 17.8 Å². The van der Waals surface area contributed by atoms with Crippen molar-refractivity contribution in [3.8, 4) is 0 Å². The normalized spacial score (nSPS) is 9.71.